The van der Waals surface area contributed by atoms with Crippen LogP contribution in [0.2, 0.25) is 0 Å². The van der Waals surface area contributed by atoms with Gasteiger partial charge in [0.25, 0.3) is 5.91 Å². The number of carbonyl (C=O) groups excluding carboxylic acids is 1. The van der Waals surface area contributed by atoms with Crippen LogP contribution in [-0.4, -0.2) is 28.5 Å². The highest BCUT2D eigenvalue weighted by molar-refractivity contribution is 6.05. The molecule has 0 bridgehead atoms. The smallest absolute Gasteiger partial charge is 0.255 e. The maximum atomic E-state index is 12.9. The zero-order chi connectivity index (χ0) is 23.8. The number of benzene rings is 2. The van der Waals surface area contributed by atoms with E-state index in [-0.39, 0.29) is 5.91 Å². The number of carbonyl (C=O) groups is 1. The van der Waals surface area contributed by atoms with E-state index >= 15 is 0 Å². The molecule has 3 heterocycles. The molecule has 0 saturated carbocycles. The number of hydrogen-bond acceptors (Lipinski definition) is 3. The van der Waals surface area contributed by atoms with Crippen molar-refractivity contribution in [1.29, 1.82) is 0 Å². The second kappa shape index (κ2) is 8.98. The average Bonchev–Trinajstić information content (AvgIpc) is 3.17. The molecule has 0 aliphatic carbocycles. The molecule has 0 radical (unpaired) electrons. The summed E-state index contributed by atoms with van der Waals surface area (Å²) in [7, 11) is 0. The van der Waals surface area contributed by atoms with Gasteiger partial charge < -0.3 is 14.8 Å². The summed E-state index contributed by atoms with van der Waals surface area (Å²) in [4.78, 5) is 20.2. The van der Waals surface area contributed by atoms with Crippen LogP contribution in [0.25, 0.3) is 16.6 Å². The van der Waals surface area contributed by atoms with Crippen molar-refractivity contribution in [2.45, 2.75) is 40.5 Å². The molecule has 0 atom stereocenters. The highest BCUT2D eigenvalue weighted by Gasteiger charge is 2.18. The van der Waals surface area contributed by atoms with Crippen LogP contribution >= 0.6 is 0 Å². The van der Waals surface area contributed by atoms with E-state index in [2.05, 4.69) is 60.7 Å². The van der Waals surface area contributed by atoms with E-state index in [0.29, 0.717) is 5.56 Å². The van der Waals surface area contributed by atoms with Crippen molar-refractivity contribution < 1.29 is 4.79 Å². The maximum Gasteiger partial charge on any atom is 0.255 e. The second-order valence-corrected chi connectivity index (χ2v) is 9.65. The minimum Gasteiger partial charge on any atom is -0.357 e. The Kier molecular flexibility index (Phi) is 5.86. The number of piperidine rings is 1. The third-order valence-electron chi connectivity index (χ3n) is 7.03. The predicted octanol–water partition coefficient (Wildman–Crippen LogP) is 6.44. The van der Waals surface area contributed by atoms with Crippen molar-refractivity contribution in [3.05, 3.63) is 83.2 Å². The van der Waals surface area contributed by atoms with Gasteiger partial charge in [0.1, 0.15) is 5.82 Å². The molecule has 2 aromatic heterocycles. The van der Waals surface area contributed by atoms with Crippen molar-refractivity contribution in [2.75, 3.05) is 23.3 Å². The van der Waals surface area contributed by atoms with Gasteiger partial charge in [0.2, 0.25) is 0 Å². The Morgan fingerprint density at radius 3 is 2.26 bits per heavy atom. The molecule has 1 saturated heterocycles. The molecule has 1 N–H and O–H groups in total. The molecule has 5 heteroatoms. The third kappa shape index (κ3) is 4.30. The summed E-state index contributed by atoms with van der Waals surface area (Å²) in [5.41, 5.74) is 6.97. The standard InChI is InChI=1S/C29H32N4O/c1-19-13-15-32(16-14-19)28-17-20(2)26-18-24(9-12-27(26)31-28)30-29(34)23-7-10-25(11-8-23)33-21(3)5-6-22(33)4/h5-12,17-19H,13-16H2,1-4H3,(H,30,34). The Labute approximate surface area is 201 Å². The van der Waals surface area contributed by atoms with E-state index in [9.17, 15) is 4.79 Å². The Morgan fingerprint density at radius 1 is 0.912 bits per heavy atom. The van der Waals surface area contributed by atoms with Crippen LogP contribution in [0.3, 0.4) is 0 Å². The predicted molar refractivity (Wildman–Crippen MR) is 140 cm³/mol. The van der Waals surface area contributed by atoms with Crippen molar-refractivity contribution in [1.82, 2.24) is 9.55 Å². The van der Waals surface area contributed by atoms with Gasteiger partial charge in [0, 0.05) is 46.8 Å². The van der Waals surface area contributed by atoms with Gasteiger partial charge in [0.15, 0.2) is 0 Å². The molecule has 174 valence electrons. The van der Waals surface area contributed by atoms with Crippen LogP contribution in [0.4, 0.5) is 11.5 Å². The average molecular weight is 453 g/mol. The van der Waals surface area contributed by atoms with Crippen LogP contribution in [0, 0.1) is 26.7 Å². The Balaban J connectivity index is 1.34. The highest BCUT2D eigenvalue weighted by atomic mass is 16.1. The van der Waals surface area contributed by atoms with Crippen LogP contribution in [0.5, 0.6) is 0 Å². The minimum atomic E-state index is -0.114. The first kappa shape index (κ1) is 22.2. The summed E-state index contributed by atoms with van der Waals surface area (Å²) >= 11 is 0. The molecule has 1 aliphatic rings. The Morgan fingerprint density at radius 2 is 1.59 bits per heavy atom. The molecule has 5 rings (SSSR count). The fourth-order valence-corrected chi connectivity index (χ4v) is 4.89. The molecule has 1 amide bonds. The number of aryl methyl sites for hydroxylation is 3. The second-order valence-electron chi connectivity index (χ2n) is 9.65. The highest BCUT2D eigenvalue weighted by Crippen LogP contribution is 2.28. The molecule has 5 nitrogen and oxygen atoms in total. The fraction of sp³-hybridized carbons (Fsp3) is 0.310. The van der Waals surface area contributed by atoms with Gasteiger partial charge in [-0.15, -0.1) is 0 Å². The van der Waals surface area contributed by atoms with E-state index in [1.807, 2.05) is 42.5 Å². The van der Waals surface area contributed by atoms with Crippen LogP contribution in [0.1, 0.15) is 47.1 Å². The van der Waals surface area contributed by atoms with Crippen LogP contribution in [-0.2, 0) is 0 Å². The summed E-state index contributed by atoms with van der Waals surface area (Å²) < 4.78 is 2.18. The van der Waals surface area contributed by atoms with E-state index in [4.69, 9.17) is 4.98 Å². The maximum absolute atomic E-state index is 12.9. The number of rotatable bonds is 4. The number of fused-ring (bicyclic) bond motifs is 1. The van der Waals surface area contributed by atoms with E-state index in [1.165, 1.54) is 29.8 Å². The molecular formula is C29H32N4O. The summed E-state index contributed by atoms with van der Waals surface area (Å²) in [5.74, 6) is 1.74. The van der Waals surface area contributed by atoms with Crippen LogP contribution < -0.4 is 10.2 Å². The quantitative estimate of drug-likeness (QED) is 0.388. The summed E-state index contributed by atoms with van der Waals surface area (Å²) in [6.07, 6.45) is 2.44. The largest absolute Gasteiger partial charge is 0.357 e. The lowest BCUT2D eigenvalue weighted by molar-refractivity contribution is 0.102. The number of hydrogen-bond donors (Lipinski definition) is 1. The molecule has 1 aliphatic heterocycles. The molecule has 4 aromatic rings. The lowest BCUT2D eigenvalue weighted by Gasteiger charge is -2.31. The lowest BCUT2D eigenvalue weighted by atomic mass is 9.99. The van der Waals surface area contributed by atoms with Gasteiger partial charge in [-0.2, -0.15) is 0 Å². The Bertz CT molecular complexity index is 1330. The fourth-order valence-electron chi connectivity index (χ4n) is 4.89. The van der Waals surface area contributed by atoms with Gasteiger partial charge in [-0.3, -0.25) is 4.79 Å². The first-order valence-electron chi connectivity index (χ1n) is 12.1. The van der Waals surface area contributed by atoms with E-state index in [1.54, 1.807) is 0 Å². The topological polar surface area (TPSA) is 50.2 Å². The minimum absolute atomic E-state index is 0.114. The molecule has 34 heavy (non-hydrogen) atoms. The number of aromatic nitrogens is 2. The lowest BCUT2D eigenvalue weighted by Crippen LogP contribution is -2.33. The summed E-state index contributed by atoms with van der Waals surface area (Å²) in [6.45, 7) is 10.7. The number of nitrogens with zero attached hydrogens (tertiary/aromatic N) is 3. The number of pyridine rings is 1. The summed E-state index contributed by atoms with van der Waals surface area (Å²) in [6, 6.07) is 20.1. The zero-order valence-electron chi connectivity index (χ0n) is 20.4. The molecule has 0 unspecified atom stereocenters. The molecule has 1 fully saturated rings. The summed E-state index contributed by atoms with van der Waals surface area (Å²) in [5, 5.41) is 4.12. The van der Waals surface area contributed by atoms with Crippen molar-refractivity contribution in [3.63, 3.8) is 0 Å². The van der Waals surface area contributed by atoms with Gasteiger partial charge in [0.05, 0.1) is 5.52 Å². The molecule has 0 spiro atoms. The van der Waals surface area contributed by atoms with Crippen molar-refractivity contribution in [3.8, 4) is 5.69 Å². The van der Waals surface area contributed by atoms with E-state index < -0.39 is 0 Å². The van der Waals surface area contributed by atoms with Gasteiger partial charge in [-0.05, 0) is 106 Å². The first-order valence-corrected chi connectivity index (χ1v) is 12.1. The first-order chi connectivity index (χ1) is 16.4. The van der Waals surface area contributed by atoms with Gasteiger partial charge in [-0.1, -0.05) is 6.92 Å². The van der Waals surface area contributed by atoms with Crippen LogP contribution in [0.15, 0.2) is 60.7 Å². The number of anilines is 2. The number of nitrogens with one attached hydrogen (secondary N) is 1. The molecular weight excluding hydrogens is 420 g/mol. The Hall–Kier alpha value is -3.60. The SMILES string of the molecule is Cc1cc(N2CCC(C)CC2)nc2ccc(NC(=O)c3ccc(-n4c(C)ccc4C)cc3)cc12. The monoisotopic (exact) mass is 452 g/mol. The number of amides is 1. The zero-order valence-corrected chi connectivity index (χ0v) is 20.4. The molecule has 2 aromatic carbocycles. The third-order valence-corrected chi connectivity index (χ3v) is 7.03. The van der Waals surface area contributed by atoms with E-state index in [0.717, 1.165) is 47.1 Å². The van der Waals surface area contributed by atoms with Gasteiger partial charge in [-0.25, -0.2) is 4.98 Å². The van der Waals surface area contributed by atoms with Crippen molar-refractivity contribution in [2.24, 2.45) is 5.92 Å². The normalized spacial score (nSPS) is 14.5. The van der Waals surface area contributed by atoms with Gasteiger partial charge >= 0.3 is 0 Å². The van der Waals surface area contributed by atoms with Crippen molar-refractivity contribution >= 4 is 28.3 Å².